The number of carboxylic acid groups (broad SMARTS) is 1. The fraction of sp³-hybridized carbons (Fsp3) is 0.467. The summed E-state index contributed by atoms with van der Waals surface area (Å²) in [7, 11) is 0. The van der Waals surface area contributed by atoms with Gasteiger partial charge in [-0.15, -0.1) is 0 Å². The van der Waals surface area contributed by atoms with Crippen LogP contribution >= 0.6 is 0 Å². The van der Waals surface area contributed by atoms with E-state index in [2.05, 4.69) is 0 Å². The number of carbonyl (C=O) groups is 2. The molecule has 5 nitrogen and oxygen atoms in total. The summed E-state index contributed by atoms with van der Waals surface area (Å²) >= 11 is 0. The Hall–Kier alpha value is -2.25. The monoisotopic (exact) mass is 331 g/mol. The average molecular weight is 331 g/mol. The highest BCUT2D eigenvalue weighted by Gasteiger charge is 2.63. The van der Waals surface area contributed by atoms with Crippen LogP contribution < -0.4 is 0 Å². The van der Waals surface area contributed by atoms with Crippen molar-refractivity contribution < 1.29 is 32.6 Å². The van der Waals surface area contributed by atoms with Crippen LogP contribution in [-0.4, -0.2) is 41.3 Å². The number of halogens is 3. The standard InChI is InChI=1S/C15H16F3NO4/c1-14(15(16,17)18)9-19(7-11(14)12(20)21)13(22)23-8-10-5-3-2-4-6-10/h2-6,11H,7-9H2,1H3,(H,20,21). The number of ether oxygens (including phenoxy) is 1. The minimum Gasteiger partial charge on any atom is -0.481 e. The highest BCUT2D eigenvalue weighted by Crippen LogP contribution is 2.48. The van der Waals surface area contributed by atoms with Gasteiger partial charge in [0.2, 0.25) is 0 Å². The lowest BCUT2D eigenvalue weighted by molar-refractivity contribution is -0.228. The van der Waals surface area contributed by atoms with Crippen molar-refractivity contribution >= 4 is 12.1 Å². The smallest absolute Gasteiger partial charge is 0.410 e. The van der Waals surface area contributed by atoms with E-state index in [4.69, 9.17) is 9.84 Å². The molecule has 0 aromatic heterocycles. The zero-order chi connectivity index (χ0) is 17.3. The minimum absolute atomic E-state index is 0.0867. The molecule has 1 aliphatic rings. The van der Waals surface area contributed by atoms with Crippen molar-refractivity contribution in [3.05, 3.63) is 35.9 Å². The predicted octanol–water partition coefficient (Wildman–Crippen LogP) is 2.91. The molecule has 1 aromatic carbocycles. The average Bonchev–Trinajstić information content (AvgIpc) is 2.85. The molecule has 1 N–H and O–H groups in total. The molecule has 23 heavy (non-hydrogen) atoms. The van der Waals surface area contributed by atoms with E-state index in [0.29, 0.717) is 5.56 Å². The van der Waals surface area contributed by atoms with Gasteiger partial charge in [-0.05, 0) is 12.5 Å². The van der Waals surface area contributed by atoms with Gasteiger partial charge in [-0.2, -0.15) is 13.2 Å². The van der Waals surface area contributed by atoms with Gasteiger partial charge in [0, 0.05) is 13.1 Å². The first-order valence-corrected chi connectivity index (χ1v) is 6.90. The third-order valence-electron chi connectivity index (χ3n) is 4.10. The molecule has 8 heteroatoms. The van der Waals surface area contributed by atoms with Crippen LogP contribution in [0, 0.1) is 11.3 Å². The largest absolute Gasteiger partial charge is 0.481 e. The van der Waals surface area contributed by atoms with Crippen molar-refractivity contribution in [2.24, 2.45) is 11.3 Å². The molecule has 1 amide bonds. The van der Waals surface area contributed by atoms with Crippen LogP contribution in [0.5, 0.6) is 0 Å². The molecule has 1 aliphatic heterocycles. The maximum atomic E-state index is 13.2. The Morgan fingerprint density at radius 2 is 1.96 bits per heavy atom. The summed E-state index contributed by atoms with van der Waals surface area (Å²) in [5, 5.41) is 9.04. The summed E-state index contributed by atoms with van der Waals surface area (Å²) in [4.78, 5) is 23.9. The molecule has 0 aliphatic carbocycles. The molecule has 0 saturated carbocycles. The summed E-state index contributed by atoms with van der Waals surface area (Å²) < 4.78 is 44.6. The maximum Gasteiger partial charge on any atom is 0.410 e. The Morgan fingerprint density at radius 3 is 2.43 bits per heavy atom. The molecule has 0 spiro atoms. The van der Waals surface area contributed by atoms with Crippen LogP contribution in [0.1, 0.15) is 12.5 Å². The zero-order valence-corrected chi connectivity index (χ0v) is 12.3. The molecule has 0 radical (unpaired) electrons. The molecule has 1 fully saturated rings. The number of alkyl halides is 3. The van der Waals surface area contributed by atoms with Crippen LogP contribution in [0.2, 0.25) is 0 Å². The summed E-state index contributed by atoms with van der Waals surface area (Å²) in [5.41, 5.74) is -1.81. The van der Waals surface area contributed by atoms with Crippen molar-refractivity contribution in [1.29, 1.82) is 0 Å². The first kappa shape index (κ1) is 17.1. The van der Waals surface area contributed by atoms with Gasteiger partial charge in [0.05, 0.1) is 11.3 Å². The molecule has 1 heterocycles. The van der Waals surface area contributed by atoms with E-state index in [1.165, 1.54) is 0 Å². The number of aliphatic carboxylic acids is 1. The molecule has 2 rings (SSSR count). The fourth-order valence-electron chi connectivity index (χ4n) is 2.58. The van der Waals surface area contributed by atoms with Gasteiger partial charge in [-0.1, -0.05) is 30.3 Å². The number of amides is 1. The number of carboxylic acids is 1. The number of hydrogen-bond acceptors (Lipinski definition) is 3. The number of nitrogens with zero attached hydrogens (tertiary/aromatic N) is 1. The van der Waals surface area contributed by atoms with E-state index < -0.39 is 42.7 Å². The summed E-state index contributed by atoms with van der Waals surface area (Å²) in [6.45, 7) is -0.535. The third-order valence-corrected chi connectivity index (χ3v) is 4.10. The van der Waals surface area contributed by atoms with E-state index in [0.717, 1.165) is 11.8 Å². The number of likely N-dealkylation sites (tertiary alicyclic amines) is 1. The van der Waals surface area contributed by atoms with Gasteiger partial charge >= 0.3 is 18.2 Å². The van der Waals surface area contributed by atoms with Crippen molar-refractivity contribution in [2.45, 2.75) is 19.7 Å². The summed E-state index contributed by atoms with van der Waals surface area (Å²) in [6, 6.07) is 8.66. The number of benzene rings is 1. The fourth-order valence-corrected chi connectivity index (χ4v) is 2.58. The quantitative estimate of drug-likeness (QED) is 0.925. The molecular formula is C15H16F3NO4. The lowest BCUT2D eigenvalue weighted by Crippen LogP contribution is -2.45. The molecule has 2 atom stereocenters. The molecule has 1 aromatic rings. The predicted molar refractivity (Wildman–Crippen MR) is 73.5 cm³/mol. The Kier molecular flexibility index (Phi) is 4.53. The van der Waals surface area contributed by atoms with Gasteiger partial charge in [-0.25, -0.2) is 4.79 Å². The van der Waals surface area contributed by atoms with Crippen molar-refractivity contribution in [3.63, 3.8) is 0 Å². The van der Waals surface area contributed by atoms with Gasteiger partial charge in [-0.3, -0.25) is 4.79 Å². The maximum absolute atomic E-state index is 13.2. The van der Waals surface area contributed by atoms with Crippen molar-refractivity contribution in [3.8, 4) is 0 Å². The first-order chi connectivity index (χ1) is 10.6. The van der Waals surface area contributed by atoms with E-state index in [1.807, 2.05) is 0 Å². The van der Waals surface area contributed by atoms with Crippen LogP contribution in [-0.2, 0) is 16.1 Å². The number of rotatable bonds is 3. The van der Waals surface area contributed by atoms with Crippen LogP contribution in [0.4, 0.5) is 18.0 Å². The van der Waals surface area contributed by atoms with Gasteiger partial charge in [0.25, 0.3) is 0 Å². The lowest BCUT2D eigenvalue weighted by Gasteiger charge is -2.30. The molecule has 2 unspecified atom stereocenters. The molecule has 0 bridgehead atoms. The SMILES string of the molecule is CC1(C(F)(F)F)CN(C(=O)OCc2ccccc2)CC1C(=O)O. The van der Waals surface area contributed by atoms with Crippen LogP contribution in [0.25, 0.3) is 0 Å². The lowest BCUT2D eigenvalue weighted by atomic mass is 9.79. The van der Waals surface area contributed by atoms with E-state index in [-0.39, 0.29) is 6.61 Å². The highest BCUT2D eigenvalue weighted by molar-refractivity contribution is 5.75. The molecule has 126 valence electrons. The second-order valence-corrected chi connectivity index (χ2v) is 5.73. The Bertz CT molecular complexity index is 590. The van der Waals surface area contributed by atoms with E-state index in [9.17, 15) is 22.8 Å². The highest BCUT2D eigenvalue weighted by atomic mass is 19.4. The topological polar surface area (TPSA) is 66.8 Å². The normalized spacial score (nSPS) is 24.5. The second-order valence-electron chi connectivity index (χ2n) is 5.73. The summed E-state index contributed by atoms with van der Waals surface area (Å²) in [6.07, 6.45) is -5.68. The number of hydrogen-bond donors (Lipinski definition) is 1. The third kappa shape index (κ3) is 3.40. The number of carbonyl (C=O) groups excluding carboxylic acids is 1. The van der Waals surface area contributed by atoms with Crippen molar-refractivity contribution in [2.75, 3.05) is 13.1 Å². The Labute approximate surface area is 130 Å². The van der Waals surface area contributed by atoms with Gasteiger partial charge in [0.1, 0.15) is 6.61 Å². The zero-order valence-electron chi connectivity index (χ0n) is 12.3. The van der Waals surface area contributed by atoms with Gasteiger partial charge < -0.3 is 14.7 Å². The summed E-state index contributed by atoms with van der Waals surface area (Å²) in [5.74, 6) is -3.30. The molecular weight excluding hydrogens is 315 g/mol. The van der Waals surface area contributed by atoms with Gasteiger partial charge in [0.15, 0.2) is 0 Å². The minimum atomic E-state index is -4.73. The molecule has 1 saturated heterocycles. The van der Waals surface area contributed by atoms with Crippen LogP contribution in [0.3, 0.4) is 0 Å². The van der Waals surface area contributed by atoms with Crippen LogP contribution in [0.15, 0.2) is 30.3 Å². The second kappa shape index (κ2) is 6.10. The van der Waals surface area contributed by atoms with Crippen molar-refractivity contribution in [1.82, 2.24) is 4.90 Å². The van der Waals surface area contributed by atoms with E-state index in [1.54, 1.807) is 30.3 Å². The Morgan fingerprint density at radius 1 is 1.35 bits per heavy atom. The van der Waals surface area contributed by atoms with E-state index >= 15 is 0 Å². The Balaban J connectivity index is 2.06. The first-order valence-electron chi connectivity index (χ1n) is 6.90.